The summed E-state index contributed by atoms with van der Waals surface area (Å²) in [4.78, 5) is 37.3. The first kappa shape index (κ1) is 23.2. The van der Waals surface area contributed by atoms with Gasteiger partial charge in [-0.05, 0) is 37.1 Å². The summed E-state index contributed by atoms with van der Waals surface area (Å²) in [5.74, 6) is 0.234. The number of amides is 2. The van der Waals surface area contributed by atoms with Gasteiger partial charge in [-0.2, -0.15) is 0 Å². The van der Waals surface area contributed by atoms with Crippen LogP contribution in [0, 0.1) is 6.92 Å². The van der Waals surface area contributed by atoms with Crippen LogP contribution < -0.4 is 10.6 Å². The van der Waals surface area contributed by atoms with Crippen LogP contribution in [0.3, 0.4) is 0 Å². The van der Waals surface area contributed by atoms with Crippen LogP contribution in [-0.2, 0) is 11.3 Å². The monoisotopic (exact) mass is 478 g/mol. The minimum absolute atomic E-state index is 0.128. The van der Waals surface area contributed by atoms with E-state index in [4.69, 9.17) is 16.0 Å². The zero-order chi connectivity index (χ0) is 24.1. The highest BCUT2D eigenvalue weighted by Gasteiger charge is 2.24. The maximum Gasteiger partial charge on any atom is 0.273 e. The van der Waals surface area contributed by atoms with Crippen LogP contribution in [0.5, 0.6) is 0 Å². The molecule has 0 atom stereocenters. The summed E-state index contributed by atoms with van der Waals surface area (Å²) in [5, 5.41) is 5.98. The Morgan fingerprint density at radius 1 is 1.21 bits per heavy atom. The molecular weight excluding hydrogens is 456 g/mol. The number of hydrogen-bond acceptors (Lipinski definition) is 6. The first-order valence-electron chi connectivity index (χ1n) is 10.7. The lowest BCUT2D eigenvalue weighted by Crippen LogP contribution is -2.26. The van der Waals surface area contributed by atoms with E-state index >= 15 is 0 Å². The molecule has 0 aliphatic heterocycles. The van der Waals surface area contributed by atoms with Gasteiger partial charge in [0.25, 0.3) is 5.91 Å². The topological polar surface area (TPSA) is 115 Å². The Kier molecular flexibility index (Phi) is 7.03. The summed E-state index contributed by atoms with van der Waals surface area (Å²) in [5.41, 5.74) is 2.06. The molecule has 2 amide bonds. The summed E-state index contributed by atoms with van der Waals surface area (Å²) in [6.07, 6.45) is 7.64. The van der Waals surface area contributed by atoms with Crippen LogP contribution in [-0.4, -0.2) is 37.9 Å². The highest BCUT2D eigenvalue weighted by molar-refractivity contribution is 6.33. The number of nitrogens with zero attached hydrogens (tertiary/aromatic N) is 4. The Bertz CT molecular complexity index is 1320. The van der Waals surface area contributed by atoms with Gasteiger partial charge in [-0.3, -0.25) is 9.59 Å². The number of aromatic nitrogens is 4. The van der Waals surface area contributed by atoms with E-state index in [0.717, 1.165) is 18.5 Å². The van der Waals surface area contributed by atoms with Gasteiger partial charge in [0.1, 0.15) is 5.82 Å². The smallest absolute Gasteiger partial charge is 0.273 e. The molecule has 0 spiro atoms. The van der Waals surface area contributed by atoms with Gasteiger partial charge in [0.2, 0.25) is 11.8 Å². The van der Waals surface area contributed by atoms with Crippen molar-refractivity contribution in [3.8, 4) is 22.8 Å². The van der Waals surface area contributed by atoms with Gasteiger partial charge >= 0.3 is 0 Å². The quantitative estimate of drug-likeness (QED) is 0.364. The molecule has 0 aliphatic rings. The maximum absolute atomic E-state index is 13.1. The number of pyridine rings is 1. The molecule has 1 aromatic carbocycles. The molecule has 0 radical (unpaired) electrons. The highest BCUT2D eigenvalue weighted by atomic mass is 35.5. The Labute approximate surface area is 201 Å². The summed E-state index contributed by atoms with van der Waals surface area (Å²) in [6.45, 7) is 4.41. The molecule has 0 saturated heterocycles. The lowest BCUT2D eigenvalue weighted by atomic mass is 10.1. The third-order valence-electron chi connectivity index (χ3n) is 5.04. The summed E-state index contributed by atoms with van der Waals surface area (Å²) in [7, 11) is 0. The van der Waals surface area contributed by atoms with Crippen molar-refractivity contribution in [1.29, 1.82) is 0 Å². The molecule has 4 aromatic rings. The molecule has 0 saturated carbocycles. The molecule has 4 rings (SSSR count). The average molecular weight is 479 g/mol. The SMILES string of the molecule is CC(=O)Nc1cc(-c2nc(C(=O)NCCCn3ccnc3)c(-c3ccccc3Cl)o2)c(C)cn1. The van der Waals surface area contributed by atoms with Gasteiger partial charge in [0, 0.05) is 49.7 Å². The Hall–Kier alpha value is -3.98. The van der Waals surface area contributed by atoms with Crippen LogP contribution in [0.2, 0.25) is 5.02 Å². The number of anilines is 1. The molecule has 9 nitrogen and oxygen atoms in total. The van der Waals surface area contributed by atoms with E-state index in [-0.39, 0.29) is 29.2 Å². The van der Waals surface area contributed by atoms with Crippen LogP contribution in [0.4, 0.5) is 5.82 Å². The predicted octanol–water partition coefficient (Wildman–Crippen LogP) is 4.34. The number of oxazole rings is 1. The van der Waals surface area contributed by atoms with Crippen molar-refractivity contribution in [3.63, 3.8) is 0 Å². The van der Waals surface area contributed by atoms with Crippen LogP contribution >= 0.6 is 11.6 Å². The number of hydrogen-bond donors (Lipinski definition) is 2. The molecule has 0 fully saturated rings. The molecule has 3 heterocycles. The van der Waals surface area contributed by atoms with Crippen molar-refractivity contribution in [3.05, 3.63) is 71.5 Å². The molecule has 0 unspecified atom stereocenters. The van der Waals surface area contributed by atoms with Gasteiger partial charge in [0.15, 0.2) is 11.5 Å². The van der Waals surface area contributed by atoms with Crippen molar-refractivity contribution in [1.82, 2.24) is 24.8 Å². The largest absolute Gasteiger partial charge is 0.435 e. The van der Waals surface area contributed by atoms with Gasteiger partial charge in [-0.15, -0.1) is 0 Å². The number of aryl methyl sites for hydroxylation is 2. The number of imidazole rings is 1. The lowest BCUT2D eigenvalue weighted by molar-refractivity contribution is -0.114. The number of carbonyl (C=O) groups is 2. The molecule has 174 valence electrons. The number of benzene rings is 1. The third-order valence-corrected chi connectivity index (χ3v) is 5.37. The predicted molar refractivity (Wildman–Crippen MR) is 128 cm³/mol. The lowest BCUT2D eigenvalue weighted by Gasteiger charge is -2.06. The minimum atomic E-state index is -0.371. The highest BCUT2D eigenvalue weighted by Crippen LogP contribution is 2.35. The van der Waals surface area contributed by atoms with Crippen LogP contribution in [0.15, 0.2) is 59.7 Å². The van der Waals surface area contributed by atoms with Gasteiger partial charge in [-0.25, -0.2) is 15.0 Å². The number of nitrogens with one attached hydrogen (secondary N) is 2. The number of carbonyl (C=O) groups excluding carboxylic acids is 2. The van der Waals surface area contributed by atoms with E-state index in [1.807, 2.05) is 23.8 Å². The summed E-state index contributed by atoms with van der Waals surface area (Å²) >= 11 is 6.40. The molecule has 34 heavy (non-hydrogen) atoms. The van der Waals surface area contributed by atoms with Crippen molar-refractivity contribution >= 4 is 29.2 Å². The van der Waals surface area contributed by atoms with Crippen molar-refractivity contribution < 1.29 is 14.0 Å². The fourth-order valence-corrected chi connectivity index (χ4v) is 3.61. The van der Waals surface area contributed by atoms with Crippen LogP contribution in [0.1, 0.15) is 29.4 Å². The average Bonchev–Trinajstić information content (AvgIpc) is 3.48. The minimum Gasteiger partial charge on any atom is -0.435 e. The fourth-order valence-electron chi connectivity index (χ4n) is 3.39. The van der Waals surface area contributed by atoms with Crippen molar-refractivity contribution in [2.45, 2.75) is 26.8 Å². The normalized spacial score (nSPS) is 10.8. The maximum atomic E-state index is 13.1. The van der Waals surface area contributed by atoms with E-state index in [1.165, 1.54) is 6.92 Å². The molecule has 10 heteroatoms. The molecule has 0 bridgehead atoms. The first-order chi connectivity index (χ1) is 16.4. The zero-order valence-corrected chi connectivity index (χ0v) is 19.5. The number of halogens is 1. The second kappa shape index (κ2) is 10.3. The molecule has 0 aliphatic carbocycles. The zero-order valence-electron chi connectivity index (χ0n) is 18.7. The second-order valence-corrected chi connectivity index (χ2v) is 8.06. The molecule has 3 aromatic heterocycles. The molecular formula is C24H23ClN6O3. The summed E-state index contributed by atoms with van der Waals surface area (Å²) < 4.78 is 8.02. The van der Waals surface area contributed by atoms with E-state index in [9.17, 15) is 9.59 Å². The fraction of sp³-hybridized carbons (Fsp3) is 0.208. The Balaban J connectivity index is 1.65. The van der Waals surface area contributed by atoms with E-state index in [2.05, 4.69) is 25.6 Å². The number of rotatable bonds is 8. The first-order valence-corrected chi connectivity index (χ1v) is 11.0. The van der Waals surface area contributed by atoms with E-state index < -0.39 is 0 Å². The Morgan fingerprint density at radius 3 is 2.76 bits per heavy atom. The van der Waals surface area contributed by atoms with Gasteiger partial charge in [-0.1, -0.05) is 23.7 Å². The van der Waals surface area contributed by atoms with Crippen molar-refractivity contribution in [2.75, 3.05) is 11.9 Å². The van der Waals surface area contributed by atoms with Crippen LogP contribution in [0.25, 0.3) is 22.8 Å². The van der Waals surface area contributed by atoms with Crippen molar-refractivity contribution in [2.24, 2.45) is 0 Å². The van der Waals surface area contributed by atoms with Gasteiger partial charge < -0.3 is 19.6 Å². The van der Waals surface area contributed by atoms with E-state index in [1.54, 1.807) is 43.0 Å². The Morgan fingerprint density at radius 2 is 2.03 bits per heavy atom. The summed E-state index contributed by atoms with van der Waals surface area (Å²) in [6, 6.07) is 8.75. The van der Waals surface area contributed by atoms with Gasteiger partial charge in [0.05, 0.1) is 11.3 Å². The standard InChI is InChI=1S/C24H23ClN6O3/c1-15-13-28-20(29-16(2)32)12-18(15)24-30-21(22(34-24)17-6-3-4-7-19(17)25)23(33)27-8-5-10-31-11-9-26-14-31/h3-4,6-7,9,11-14H,5,8,10H2,1-2H3,(H,27,33)(H,28,29,32). The third kappa shape index (κ3) is 5.32. The van der Waals surface area contributed by atoms with E-state index in [0.29, 0.717) is 28.5 Å². The second-order valence-electron chi connectivity index (χ2n) is 7.65. The molecule has 2 N–H and O–H groups in total.